The Kier molecular flexibility index (Phi) is 5.46. The first kappa shape index (κ1) is 19.9. The minimum absolute atomic E-state index is 0.207. The number of hydrogen-bond acceptors (Lipinski definition) is 3. The molecular formula is C19H13F5N2OS. The van der Waals surface area contributed by atoms with Gasteiger partial charge < -0.3 is 5.32 Å². The molecule has 0 fully saturated rings. The van der Waals surface area contributed by atoms with E-state index >= 15 is 0 Å². The normalized spacial score (nSPS) is 11.7. The SMILES string of the molecule is Cc1nc(C(F)F)c(C(=O)Nc2ccccc2-c2cccc(C(F)(F)F)c2)s1. The number of thiazole rings is 1. The number of alkyl halides is 5. The molecule has 3 aromatic rings. The maximum atomic E-state index is 13.1. The third kappa shape index (κ3) is 4.19. The predicted octanol–water partition coefficient (Wildman–Crippen LogP) is 6.33. The van der Waals surface area contributed by atoms with Crippen molar-refractivity contribution in [3.05, 3.63) is 69.7 Å². The van der Waals surface area contributed by atoms with Crippen molar-refractivity contribution in [3.8, 4) is 11.1 Å². The summed E-state index contributed by atoms with van der Waals surface area (Å²) in [5.41, 5.74) is -0.666. The van der Waals surface area contributed by atoms with Crippen molar-refractivity contribution >= 4 is 22.9 Å². The summed E-state index contributed by atoms with van der Waals surface area (Å²) in [5, 5.41) is 2.82. The van der Waals surface area contributed by atoms with Crippen LogP contribution in [-0.2, 0) is 6.18 Å². The van der Waals surface area contributed by atoms with E-state index in [0.29, 0.717) is 10.6 Å². The molecule has 28 heavy (non-hydrogen) atoms. The Balaban J connectivity index is 1.97. The molecule has 0 saturated heterocycles. The first-order chi connectivity index (χ1) is 13.2. The summed E-state index contributed by atoms with van der Waals surface area (Å²) >= 11 is 0.826. The van der Waals surface area contributed by atoms with Gasteiger partial charge in [-0.25, -0.2) is 13.8 Å². The Bertz CT molecular complexity index is 1010. The summed E-state index contributed by atoms with van der Waals surface area (Å²) in [6.07, 6.45) is -7.43. The number of nitrogens with one attached hydrogen (secondary N) is 1. The molecule has 0 aliphatic rings. The lowest BCUT2D eigenvalue weighted by atomic mass is 10.0. The number of benzene rings is 2. The number of amides is 1. The molecule has 0 saturated carbocycles. The molecule has 1 aromatic heterocycles. The zero-order valence-corrected chi connectivity index (χ0v) is 15.2. The Morgan fingerprint density at radius 1 is 1.11 bits per heavy atom. The van der Waals surface area contributed by atoms with Crippen LogP contribution in [0.5, 0.6) is 0 Å². The molecule has 1 amide bonds. The third-order valence-electron chi connectivity index (χ3n) is 3.85. The van der Waals surface area contributed by atoms with Crippen LogP contribution in [0.3, 0.4) is 0 Å². The molecule has 0 aliphatic heterocycles. The molecule has 0 bridgehead atoms. The van der Waals surface area contributed by atoms with Gasteiger partial charge in [0.15, 0.2) is 0 Å². The molecule has 0 atom stereocenters. The van der Waals surface area contributed by atoms with E-state index in [2.05, 4.69) is 10.3 Å². The summed E-state index contributed by atoms with van der Waals surface area (Å²) < 4.78 is 65.2. The number of anilines is 1. The molecule has 1 N–H and O–H groups in total. The van der Waals surface area contributed by atoms with Gasteiger partial charge in [-0.3, -0.25) is 4.79 Å². The lowest BCUT2D eigenvalue weighted by Gasteiger charge is -2.13. The number of nitrogens with zero attached hydrogens (tertiary/aromatic N) is 1. The quantitative estimate of drug-likeness (QED) is 0.509. The first-order valence-corrected chi connectivity index (χ1v) is 8.82. The van der Waals surface area contributed by atoms with Crippen LogP contribution in [0.2, 0.25) is 0 Å². The lowest BCUT2D eigenvalue weighted by Crippen LogP contribution is -2.13. The van der Waals surface area contributed by atoms with Gasteiger partial charge in [-0.05, 0) is 30.7 Å². The highest BCUT2D eigenvalue weighted by Gasteiger charge is 2.30. The van der Waals surface area contributed by atoms with Crippen molar-refractivity contribution in [2.45, 2.75) is 19.5 Å². The lowest BCUT2D eigenvalue weighted by molar-refractivity contribution is -0.137. The first-order valence-electron chi connectivity index (χ1n) is 8.00. The zero-order valence-electron chi connectivity index (χ0n) is 14.3. The second-order valence-electron chi connectivity index (χ2n) is 5.83. The van der Waals surface area contributed by atoms with E-state index < -0.39 is 29.8 Å². The Morgan fingerprint density at radius 3 is 2.50 bits per heavy atom. The maximum Gasteiger partial charge on any atom is 0.416 e. The fraction of sp³-hybridized carbons (Fsp3) is 0.158. The Labute approximate surface area is 160 Å². The molecule has 146 valence electrons. The van der Waals surface area contributed by atoms with Crippen LogP contribution in [0.1, 0.15) is 32.4 Å². The van der Waals surface area contributed by atoms with Crippen LogP contribution in [-0.4, -0.2) is 10.9 Å². The minimum Gasteiger partial charge on any atom is -0.321 e. The number of aryl methyl sites for hydroxylation is 1. The number of carbonyl (C=O) groups is 1. The number of para-hydroxylation sites is 1. The van der Waals surface area contributed by atoms with Crippen molar-refractivity contribution in [2.24, 2.45) is 0 Å². The van der Waals surface area contributed by atoms with Crippen molar-refractivity contribution < 1.29 is 26.7 Å². The molecule has 9 heteroatoms. The Hall–Kier alpha value is -2.81. The number of hydrogen-bond donors (Lipinski definition) is 1. The monoisotopic (exact) mass is 412 g/mol. The summed E-state index contributed by atoms with van der Waals surface area (Å²) in [6, 6.07) is 10.9. The number of rotatable bonds is 4. The van der Waals surface area contributed by atoms with Gasteiger partial charge in [-0.15, -0.1) is 11.3 Å². The molecule has 0 unspecified atom stereocenters. The van der Waals surface area contributed by atoms with E-state index in [1.807, 2.05) is 0 Å². The Morgan fingerprint density at radius 2 is 1.82 bits per heavy atom. The summed E-state index contributed by atoms with van der Waals surface area (Å²) in [4.78, 5) is 16.0. The zero-order chi connectivity index (χ0) is 20.5. The standard InChI is InChI=1S/C19H13F5N2OS/c1-10-25-15(17(20)21)16(28-10)18(27)26-14-8-3-2-7-13(14)11-5-4-6-12(9-11)19(22,23)24/h2-9,17H,1H3,(H,26,27). The second kappa shape index (κ2) is 7.67. The van der Waals surface area contributed by atoms with Crippen molar-refractivity contribution in [1.82, 2.24) is 4.98 Å². The maximum absolute atomic E-state index is 13.1. The molecule has 1 heterocycles. The van der Waals surface area contributed by atoms with Crippen LogP contribution in [0.4, 0.5) is 27.6 Å². The van der Waals surface area contributed by atoms with Gasteiger partial charge in [-0.1, -0.05) is 30.3 Å². The van der Waals surface area contributed by atoms with E-state index in [4.69, 9.17) is 0 Å². The number of aromatic nitrogens is 1. The fourth-order valence-corrected chi connectivity index (χ4v) is 3.46. The highest BCUT2D eigenvalue weighted by atomic mass is 32.1. The minimum atomic E-state index is -4.51. The summed E-state index contributed by atoms with van der Waals surface area (Å²) in [5.74, 6) is -0.791. The highest BCUT2D eigenvalue weighted by molar-refractivity contribution is 7.13. The topological polar surface area (TPSA) is 42.0 Å². The van der Waals surface area contributed by atoms with Crippen molar-refractivity contribution in [3.63, 3.8) is 0 Å². The van der Waals surface area contributed by atoms with Gasteiger partial charge in [-0.2, -0.15) is 13.2 Å². The van der Waals surface area contributed by atoms with Crippen LogP contribution >= 0.6 is 11.3 Å². The highest BCUT2D eigenvalue weighted by Crippen LogP contribution is 2.35. The van der Waals surface area contributed by atoms with Gasteiger partial charge in [0.25, 0.3) is 12.3 Å². The van der Waals surface area contributed by atoms with Crippen molar-refractivity contribution in [2.75, 3.05) is 5.32 Å². The van der Waals surface area contributed by atoms with Crippen LogP contribution < -0.4 is 5.32 Å². The number of carbonyl (C=O) groups excluding carboxylic acids is 1. The van der Waals surface area contributed by atoms with E-state index in [1.165, 1.54) is 31.2 Å². The molecule has 0 radical (unpaired) electrons. The summed E-state index contributed by atoms with van der Waals surface area (Å²) in [7, 11) is 0. The molecule has 3 nitrogen and oxygen atoms in total. The summed E-state index contributed by atoms with van der Waals surface area (Å²) in [6.45, 7) is 1.50. The van der Waals surface area contributed by atoms with E-state index in [0.717, 1.165) is 23.5 Å². The van der Waals surface area contributed by atoms with E-state index in [1.54, 1.807) is 12.1 Å². The number of halogens is 5. The van der Waals surface area contributed by atoms with E-state index in [9.17, 15) is 26.7 Å². The van der Waals surface area contributed by atoms with E-state index in [-0.39, 0.29) is 16.1 Å². The van der Waals surface area contributed by atoms with Gasteiger partial charge in [0, 0.05) is 11.3 Å². The second-order valence-corrected chi connectivity index (χ2v) is 7.03. The van der Waals surface area contributed by atoms with Crippen LogP contribution in [0, 0.1) is 6.92 Å². The molecule has 0 aliphatic carbocycles. The van der Waals surface area contributed by atoms with Crippen molar-refractivity contribution in [1.29, 1.82) is 0 Å². The predicted molar refractivity (Wildman–Crippen MR) is 96.6 cm³/mol. The van der Waals surface area contributed by atoms with Gasteiger partial charge in [0.1, 0.15) is 10.6 Å². The smallest absolute Gasteiger partial charge is 0.321 e. The fourth-order valence-electron chi connectivity index (χ4n) is 2.64. The average molecular weight is 412 g/mol. The molecule has 0 spiro atoms. The average Bonchev–Trinajstić information content (AvgIpc) is 3.04. The van der Waals surface area contributed by atoms with Crippen LogP contribution in [0.25, 0.3) is 11.1 Å². The van der Waals surface area contributed by atoms with Gasteiger partial charge in [0.05, 0.1) is 10.6 Å². The largest absolute Gasteiger partial charge is 0.416 e. The van der Waals surface area contributed by atoms with Crippen LogP contribution in [0.15, 0.2) is 48.5 Å². The molecule has 2 aromatic carbocycles. The van der Waals surface area contributed by atoms with Gasteiger partial charge in [0.2, 0.25) is 0 Å². The van der Waals surface area contributed by atoms with Gasteiger partial charge >= 0.3 is 6.18 Å². The molecular weight excluding hydrogens is 399 g/mol. The third-order valence-corrected chi connectivity index (χ3v) is 4.83. The molecule has 3 rings (SSSR count).